The summed E-state index contributed by atoms with van der Waals surface area (Å²) in [5, 5.41) is 12.7. The number of nitrogens with zero attached hydrogens (tertiary/aromatic N) is 1. The molecule has 0 spiro atoms. The highest BCUT2D eigenvalue weighted by Gasteiger charge is 2.62. The third-order valence-electron chi connectivity index (χ3n) is 5.07. The van der Waals surface area contributed by atoms with Gasteiger partial charge in [-0.1, -0.05) is 20.8 Å². The average Bonchev–Trinajstić information content (AvgIpc) is 2.48. The SMILES string of the molecule is CC(C)(C)C(=O)NCC1CCCN(C(=O)C(F)(F)C2(O)CCC2)C1. The second-order valence-electron chi connectivity index (χ2n) is 8.18. The van der Waals surface area contributed by atoms with Crippen molar-refractivity contribution < 1.29 is 23.5 Å². The van der Waals surface area contributed by atoms with Crippen LogP contribution in [0.3, 0.4) is 0 Å². The maximum absolute atomic E-state index is 14.3. The Morgan fingerprint density at radius 3 is 2.38 bits per heavy atom. The number of alkyl halides is 2. The molecule has 1 saturated heterocycles. The van der Waals surface area contributed by atoms with E-state index in [2.05, 4.69) is 5.32 Å². The van der Waals surface area contributed by atoms with Gasteiger partial charge in [0.05, 0.1) is 0 Å². The van der Waals surface area contributed by atoms with Crippen LogP contribution < -0.4 is 5.32 Å². The van der Waals surface area contributed by atoms with Crippen LogP contribution in [0, 0.1) is 11.3 Å². The first kappa shape index (κ1) is 19.1. The molecule has 2 aliphatic rings. The van der Waals surface area contributed by atoms with Crippen LogP contribution in [0.4, 0.5) is 8.78 Å². The van der Waals surface area contributed by atoms with Crippen LogP contribution in [0.15, 0.2) is 0 Å². The Labute approximate surface area is 141 Å². The number of piperidine rings is 1. The zero-order valence-corrected chi connectivity index (χ0v) is 14.7. The molecule has 0 bridgehead atoms. The van der Waals surface area contributed by atoms with Gasteiger partial charge in [0.25, 0.3) is 5.91 Å². The summed E-state index contributed by atoms with van der Waals surface area (Å²) >= 11 is 0. The Bertz CT molecular complexity index is 499. The van der Waals surface area contributed by atoms with Crippen molar-refractivity contribution in [1.82, 2.24) is 10.2 Å². The largest absolute Gasteiger partial charge is 0.383 e. The van der Waals surface area contributed by atoms with Gasteiger partial charge in [-0.3, -0.25) is 9.59 Å². The molecular formula is C17H28F2N2O3. The number of rotatable bonds is 4. The van der Waals surface area contributed by atoms with Gasteiger partial charge < -0.3 is 15.3 Å². The van der Waals surface area contributed by atoms with Crippen LogP contribution in [0.25, 0.3) is 0 Å². The van der Waals surface area contributed by atoms with Gasteiger partial charge in [-0.2, -0.15) is 8.78 Å². The second-order valence-corrected chi connectivity index (χ2v) is 8.18. The lowest BCUT2D eigenvalue weighted by Crippen LogP contribution is -2.62. The number of carbonyl (C=O) groups excluding carboxylic acids is 2. The number of halogens is 2. The van der Waals surface area contributed by atoms with E-state index >= 15 is 0 Å². The van der Waals surface area contributed by atoms with E-state index in [-0.39, 0.29) is 37.8 Å². The molecule has 1 atom stereocenters. The number of likely N-dealkylation sites (tertiary alicyclic amines) is 1. The molecule has 5 nitrogen and oxygen atoms in total. The molecule has 24 heavy (non-hydrogen) atoms. The van der Waals surface area contributed by atoms with Gasteiger partial charge in [0.1, 0.15) is 5.60 Å². The van der Waals surface area contributed by atoms with E-state index in [4.69, 9.17) is 0 Å². The average molecular weight is 346 g/mol. The summed E-state index contributed by atoms with van der Waals surface area (Å²) in [5.41, 5.74) is -2.69. The van der Waals surface area contributed by atoms with E-state index in [1.165, 1.54) is 0 Å². The van der Waals surface area contributed by atoms with Crippen molar-refractivity contribution >= 4 is 11.8 Å². The van der Waals surface area contributed by atoms with Crippen molar-refractivity contribution in [2.75, 3.05) is 19.6 Å². The molecule has 0 aromatic rings. The number of aliphatic hydroxyl groups is 1. The summed E-state index contributed by atoms with van der Waals surface area (Å²) in [6.45, 7) is 6.25. The Hall–Kier alpha value is -1.24. The van der Waals surface area contributed by atoms with E-state index < -0.39 is 22.8 Å². The third-order valence-corrected chi connectivity index (χ3v) is 5.07. The van der Waals surface area contributed by atoms with Gasteiger partial charge >= 0.3 is 5.92 Å². The molecule has 0 aromatic carbocycles. The Kier molecular flexibility index (Phi) is 5.23. The van der Waals surface area contributed by atoms with Gasteiger partial charge in [0, 0.05) is 25.0 Å². The maximum Gasteiger partial charge on any atom is 0.352 e. The molecule has 0 radical (unpaired) electrons. The summed E-state index contributed by atoms with van der Waals surface area (Å²) in [4.78, 5) is 25.3. The van der Waals surface area contributed by atoms with E-state index in [1.807, 2.05) is 0 Å². The van der Waals surface area contributed by atoms with Gasteiger partial charge in [-0.25, -0.2) is 0 Å². The predicted molar refractivity (Wildman–Crippen MR) is 85.5 cm³/mol. The van der Waals surface area contributed by atoms with Crippen LogP contribution >= 0.6 is 0 Å². The van der Waals surface area contributed by atoms with E-state index in [0.717, 1.165) is 11.3 Å². The summed E-state index contributed by atoms with van der Waals surface area (Å²) in [6.07, 6.45) is 1.84. The van der Waals surface area contributed by atoms with Gasteiger partial charge in [0.2, 0.25) is 5.91 Å². The molecule has 2 fully saturated rings. The van der Waals surface area contributed by atoms with Crippen molar-refractivity contribution in [3.05, 3.63) is 0 Å². The minimum absolute atomic E-state index is 0.0371. The third kappa shape index (κ3) is 3.71. The van der Waals surface area contributed by atoms with Crippen LogP contribution in [-0.2, 0) is 9.59 Å². The van der Waals surface area contributed by atoms with E-state index in [9.17, 15) is 23.5 Å². The van der Waals surface area contributed by atoms with Gasteiger partial charge in [0.15, 0.2) is 0 Å². The monoisotopic (exact) mass is 346 g/mol. The lowest BCUT2D eigenvalue weighted by atomic mass is 9.74. The highest BCUT2D eigenvalue weighted by atomic mass is 19.3. The first-order valence-corrected chi connectivity index (χ1v) is 8.65. The molecule has 0 aromatic heterocycles. The molecule has 1 heterocycles. The highest BCUT2D eigenvalue weighted by molar-refractivity contribution is 5.85. The molecule has 1 unspecified atom stereocenters. The normalized spacial score (nSPS) is 24.2. The maximum atomic E-state index is 14.3. The number of amides is 2. The summed E-state index contributed by atoms with van der Waals surface area (Å²) in [7, 11) is 0. The van der Waals surface area contributed by atoms with Crippen LogP contribution in [0.1, 0.15) is 52.9 Å². The lowest BCUT2D eigenvalue weighted by Gasteiger charge is -2.44. The number of nitrogens with one attached hydrogen (secondary N) is 1. The molecule has 2 rings (SSSR count). The smallest absolute Gasteiger partial charge is 0.352 e. The summed E-state index contributed by atoms with van der Waals surface area (Å²) in [6, 6.07) is 0. The highest BCUT2D eigenvalue weighted by Crippen LogP contribution is 2.45. The zero-order valence-electron chi connectivity index (χ0n) is 14.7. The Morgan fingerprint density at radius 1 is 1.25 bits per heavy atom. The van der Waals surface area contributed by atoms with Crippen molar-refractivity contribution in [2.24, 2.45) is 11.3 Å². The minimum atomic E-state index is -3.73. The van der Waals surface area contributed by atoms with E-state index in [0.29, 0.717) is 19.4 Å². The first-order chi connectivity index (χ1) is 11.0. The van der Waals surface area contributed by atoms with Gasteiger partial charge in [-0.15, -0.1) is 0 Å². The Balaban J connectivity index is 1.93. The number of hydrogen-bond donors (Lipinski definition) is 2. The zero-order chi connectivity index (χ0) is 18.2. The van der Waals surface area contributed by atoms with Crippen molar-refractivity contribution in [3.8, 4) is 0 Å². The first-order valence-electron chi connectivity index (χ1n) is 8.65. The van der Waals surface area contributed by atoms with E-state index in [1.54, 1.807) is 20.8 Å². The molecule has 2 N–H and O–H groups in total. The lowest BCUT2D eigenvalue weighted by molar-refractivity contribution is -0.224. The van der Waals surface area contributed by atoms with Crippen molar-refractivity contribution in [2.45, 2.75) is 64.4 Å². The van der Waals surface area contributed by atoms with Crippen molar-refractivity contribution in [1.29, 1.82) is 0 Å². The fourth-order valence-corrected chi connectivity index (χ4v) is 3.14. The van der Waals surface area contributed by atoms with Crippen LogP contribution in [0.2, 0.25) is 0 Å². The predicted octanol–water partition coefficient (Wildman–Crippen LogP) is 1.94. The molecular weight excluding hydrogens is 318 g/mol. The number of hydrogen-bond acceptors (Lipinski definition) is 3. The fraction of sp³-hybridized carbons (Fsp3) is 0.882. The molecule has 7 heteroatoms. The fourth-order valence-electron chi connectivity index (χ4n) is 3.14. The molecule has 2 amide bonds. The molecule has 1 saturated carbocycles. The molecule has 138 valence electrons. The quantitative estimate of drug-likeness (QED) is 0.817. The number of carbonyl (C=O) groups is 2. The topological polar surface area (TPSA) is 69.6 Å². The second kappa shape index (κ2) is 6.58. The summed E-state index contributed by atoms with van der Waals surface area (Å²) < 4.78 is 28.6. The minimum Gasteiger partial charge on any atom is -0.383 e. The molecule has 1 aliphatic carbocycles. The van der Waals surface area contributed by atoms with Crippen molar-refractivity contribution in [3.63, 3.8) is 0 Å². The van der Waals surface area contributed by atoms with Gasteiger partial charge in [-0.05, 0) is 38.0 Å². The standard InChI is InChI=1S/C17H28F2N2O3/c1-15(2,3)13(22)20-10-12-6-4-9-21(11-12)14(23)17(18,19)16(24)7-5-8-16/h12,24H,4-11H2,1-3H3,(H,20,22). The van der Waals surface area contributed by atoms with Crippen LogP contribution in [0.5, 0.6) is 0 Å². The Morgan fingerprint density at radius 2 is 1.88 bits per heavy atom. The summed E-state index contributed by atoms with van der Waals surface area (Å²) in [5.74, 6) is -5.15. The van der Waals surface area contributed by atoms with Crippen LogP contribution in [-0.4, -0.2) is 53.0 Å². The molecule has 1 aliphatic heterocycles.